The third-order valence-corrected chi connectivity index (χ3v) is 3.76. The fourth-order valence-corrected chi connectivity index (χ4v) is 2.62. The van der Waals surface area contributed by atoms with Crippen molar-refractivity contribution < 1.29 is 0 Å². The van der Waals surface area contributed by atoms with Gasteiger partial charge >= 0.3 is 0 Å². The number of anilines is 1. The lowest BCUT2D eigenvalue weighted by Crippen LogP contribution is -2.01. The predicted octanol–water partition coefficient (Wildman–Crippen LogP) is 2.76. The summed E-state index contributed by atoms with van der Waals surface area (Å²) in [7, 11) is 0. The molecule has 0 bridgehead atoms. The highest BCUT2D eigenvalue weighted by molar-refractivity contribution is 7.12. The lowest BCUT2D eigenvalue weighted by Gasteiger charge is -1.99. The summed E-state index contributed by atoms with van der Waals surface area (Å²) in [5.74, 6) is 0.317. The van der Waals surface area contributed by atoms with Crippen molar-refractivity contribution in [2.45, 2.75) is 6.92 Å². The van der Waals surface area contributed by atoms with Crippen LogP contribution in [0.2, 0.25) is 0 Å². The molecule has 2 heterocycles. The first-order valence-corrected chi connectivity index (χ1v) is 6.83. The molecule has 0 radical (unpaired) electrons. The second kappa shape index (κ2) is 4.79. The number of benzene rings is 1. The molecule has 5 nitrogen and oxygen atoms in total. The van der Waals surface area contributed by atoms with Crippen molar-refractivity contribution in [3.63, 3.8) is 0 Å². The van der Waals surface area contributed by atoms with Crippen molar-refractivity contribution in [3.8, 4) is 22.5 Å². The topological polar surface area (TPSA) is 80.5 Å². The van der Waals surface area contributed by atoms with Crippen LogP contribution in [0.15, 0.2) is 35.8 Å². The number of hydrogen-bond acceptors (Lipinski definition) is 5. The molecular formula is C14H11N5S. The van der Waals surface area contributed by atoms with Crippen molar-refractivity contribution in [2.75, 3.05) is 5.73 Å². The van der Waals surface area contributed by atoms with Crippen LogP contribution in [0.25, 0.3) is 16.4 Å². The van der Waals surface area contributed by atoms with E-state index in [4.69, 9.17) is 11.0 Å². The van der Waals surface area contributed by atoms with Gasteiger partial charge in [0, 0.05) is 10.9 Å². The Balaban J connectivity index is 2.00. The monoisotopic (exact) mass is 281 g/mol. The molecule has 0 fully saturated rings. The molecule has 6 heteroatoms. The minimum absolute atomic E-state index is 0.317. The minimum Gasteiger partial charge on any atom is -0.382 e. The molecular weight excluding hydrogens is 270 g/mol. The van der Waals surface area contributed by atoms with Crippen LogP contribution in [0.1, 0.15) is 11.1 Å². The molecule has 0 spiro atoms. The lowest BCUT2D eigenvalue weighted by molar-refractivity contribution is 0.881. The SMILES string of the molecule is Cc1ccc(-c2csc(-n3ncc(C#N)c3N)n2)cc1. The number of aromatic nitrogens is 3. The summed E-state index contributed by atoms with van der Waals surface area (Å²) in [6.07, 6.45) is 1.45. The van der Waals surface area contributed by atoms with Gasteiger partial charge in [0.05, 0.1) is 11.9 Å². The Labute approximate surface area is 119 Å². The van der Waals surface area contributed by atoms with Gasteiger partial charge in [0.2, 0.25) is 5.13 Å². The van der Waals surface area contributed by atoms with Crippen molar-refractivity contribution in [1.82, 2.24) is 14.8 Å². The lowest BCUT2D eigenvalue weighted by atomic mass is 10.1. The maximum Gasteiger partial charge on any atom is 0.212 e. The summed E-state index contributed by atoms with van der Waals surface area (Å²) in [5.41, 5.74) is 9.34. The Morgan fingerprint density at radius 3 is 2.70 bits per heavy atom. The summed E-state index contributed by atoms with van der Waals surface area (Å²) in [4.78, 5) is 4.52. The third-order valence-electron chi connectivity index (χ3n) is 2.95. The van der Waals surface area contributed by atoms with E-state index in [1.54, 1.807) is 0 Å². The van der Waals surface area contributed by atoms with Crippen LogP contribution in [-0.4, -0.2) is 14.8 Å². The van der Waals surface area contributed by atoms with E-state index in [1.807, 2.05) is 42.6 Å². The van der Waals surface area contributed by atoms with Gasteiger partial charge in [-0.2, -0.15) is 15.0 Å². The largest absolute Gasteiger partial charge is 0.382 e. The second-order valence-electron chi connectivity index (χ2n) is 4.35. The summed E-state index contributed by atoms with van der Waals surface area (Å²) >= 11 is 1.44. The van der Waals surface area contributed by atoms with Crippen molar-refractivity contribution in [3.05, 3.63) is 47.0 Å². The fraction of sp³-hybridized carbons (Fsp3) is 0.0714. The number of nitrogen functional groups attached to an aromatic ring is 1. The highest BCUT2D eigenvalue weighted by atomic mass is 32.1. The second-order valence-corrected chi connectivity index (χ2v) is 5.18. The minimum atomic E-state index is 0.317. The van der Waals surface area contributed by atoms with Gasteiger partial charge in [0.1, 0.15) is 17.5 Å². The number of hydrogen-bond donors (Lipinski definition) is 1. The smallest absolute Gasteiger partial charge is 0.212 e. The molecule has 0 atom stereocenters. The number of rotatable bonds is 2. The first-order chi connectivity index (χ1) is 9.69. The van der Waals surface area contributed by atoms with Gasteiger partial charge < -0.3 is 5.73 Å². The maximum absolute atomic E-state index is 8.89. The van der Waals surface area contributed by atoms with Crippen LogP contribution < -0.4 is 5.73 Å². The number of aryl methyl sites for hydroxylation is 1. The van der Waals surface area contributed by atoms with Crippen LogP contribution in [0, 0.1) is 18.3 Å². The Hall–Kier alpha value is -2.65. The van der Waals surface area contributed by atoms with E-state index in [2.05, 4.69) is 10.1 Å². The molecule has 3 aromatic rings. The molecule has 20 heavy (non-hydrogen) atoms. The van der Waals surface area contributed by atoms with E-state index in [-0.39, 0.29) is 0 Å². The summed E-state index contributed by atoms with van der Waals surface area (Å²) in [5, 5.41) is 15.6. The molecule has 0 saturated carbocycles. The van der Waals surface area contributed by atoms with Gasteiger partial charge in [-0.05, 0) is 6.92 Å². The summed E-state index contributed by atoms with van der Waals surface area (Å²) in [6.45, 7) is 2.05. The number of nitrogens with zero attached hydrogens (tertiary/aromatic N) is 4. The standard InChI is InChI=1S/C14H11N5S/c1-9-2-4-10(5-3-9)12-8-20-14(18-12)19-13(16)11(6-15)7-17-19/h2-5,7-8H,16H2,1H3. The first-order valence-electron chi connectivity index (χ1n) is 5.95. The highest BCUT2D eigenvalue weighted by Gasteiger charge is 2.12. The van der Waals surface area contributed by atoms with E-state index < -0.39 is 0 Å². The summed E-state index contributed by atoms with van der Waals surface area (Å²) in [6, 6.07) is 10.1. The summed E-state index contributed by atoms with van der Waals surface area (Å²) < 4.78 is 1.49. The molecule has 2 aromatic heterocycles. The molecule has 0 aliphatic heterocycles. The van der Waals surface area contributed by atoms with Gasteiger partial charge in [0.25, 0.3) is 0 Å². The molecule has 1 aromatic carbocycles. The van der Waals surface area contributed by atoms with Crippen LogP contribution >= 0.6 is 11.3 Å². The molecule has 2 N–H and O–H groups in total. The Morgan fingerprint density at radius 1 is 1.30 bits per heavy atom. The van der Waals surface area contributed by atoms with Gasteiger partial charge in [-0.15, -0.1) is 11.3 Å². The molecule has 0 unspecified atom stereocenters. The van der Waals surface area contributed by atoms with Crippen LogP contribution in [0.3, 0.4) is 0 Å². The Bertz CT molecular complexity index is 792. The van der Waals surface area contributed by atoms with E-state index in [9.17, 15) is 0 Å². The highest BCUT2D eigenvalue weighted by Crippen LogP contribution is 2.26. The van der Waals surface area contributed by atoms with E-state index in [0.29, 0.717) is 16.5 Å². The Kier molecular flexibility index (Phi) is 2.97. The van der Waals surface area contributed by atoms with Crippen LogP contribution in [-0.2, 0) is 0 Å². The zero-order chi connectivity index (χ0) is 14.1. The quantitative estimate of drug-likeness (QED) is 0.783. The van der Waals surface area contributed by atoms with Gasteiger partial charge in [-0.1, -0.05) is 29.8 Å². The third kappa shape index (κ3) is 2.04. The van der Waals surface area contributed by atoms with Crippen molar-refractivity contribution in [2.24, 2.45) is 0 Å². The van der Waals surface area contributed by atoms with Crippen molar-refractivity contribution in [1.29, 1.82) is 5.26 Å². The van der Waals surface area contributed by atoms with Crippen LogP contribution in [0.4, 0.5) is 5.82 Å². The molecule has 0 aliphatic carbocycles. The van der Waals surface area contributed by atoms with Gasteiger partial charge in [0.15, 0.2) is 0 Å². The Morgan fingerprint density at radius 2 is 2.05 bits per heavy atom. The number of nitriles is 1. The van der Waals surface area contributed by atoms with Gasteiger partial charge in [-0.3, -0.25) is 0 Å². The first kappa shape index (κ1) is 12.4. The molecule has 0 aliphatic rings. The molecule has 0 saturated heterocycles. The number of thiazole rings is 1. The average molecular weight is 281 g/mol. The fourth-order valence-electron chi connectivity index (χ4n) is 1.81. The van der Waals surface area contributed by atoms with Gasteiger partial charge in [-0.25, -0.2) is 4.98 Å². The molecule has 3 rings (SSSR count). The number of nitrogens with two attached hydrogens (primary N) is 1. The average Bonchev–Trinajstić information content (AvgIpc) is 3.06. The maximum atomic E-state index is 8.89. The normalized spacial score (nSPS) is 10.4. The van der Waals surface area contributed by atoms with E-state index in [0.717, 1.165) is 11.3 Å². The zero-order valence-electron chi connectivity index (χ0n) is 10.7. The predicted molar refractivity (Wildman–Crippen MR) is 78.5 cm³/mol. The van der Waals surface area contributed by atoms with E-state index in [1.165, 1.54) is 27.8 Å². The van der Waals surface area contributed by atoms with Crippen molar-refractivity contribution >= 4 is 17.2 Å². The molecule has 98 valence electrons. The zero-order valence-corrected chi connectivity index (χ0v) is 11.6. The molecule has 0 amide bonds. The van der Waals surface area contributed by atoms with E-state index >= 15 is 0 Å². The van der Waals surface area contributed by atoms with Crippen LogP contribution in [0.5, 0.6) is 0 Å².